The number of anilines is 3. The molecular formula is C46H29NOS. The molecule has 2 aromatic heterocycles. The van der Waals surface area contributed by atoms with Crippen molar-refractivity contribution in [1.82, 2.24) is 0 Å². The van der Waals surface area contributed by atoms with E-state index < -0.39 is 0 Å². The van der Waals surface area contributed by atoms with Gasteiger partial charge in [-0.25, -0.2) is 0 Å². The van der Waals surface area contributed by atoms with Crippen LogP contribution in [0.2, 0.25) is 0 Å². The first-order chi connectivity index (χ1) is 24.3. The predicted molar refractivity (Wildman–Crippen MR) is 210 cm³/mol. The molecule has 0 radical (unpaired) electrons. The average Bonchev–Trinajstić information content (AvgIpc) is 3.75. The second-order valence-corrected chi connectivity index (χ2v) is 13.6. The number of benzene rings is 8. The molecule has 0 saturated heterocycles. The molecule has 10 aromatic rings. The Kier molecular flexibility index (Phi) is 6.39. The molecule has 49 heavy (non-hydrogen) atoms. The van der Waals surface area contributed by atoms with E-state index >= 15 is 0 Å². The van der Waals surface area contributed by atoms with E-state index in [0.717, 1.165) is 38.9 Å². The number of hydrogen-bond donors (Lipinski definition) is 0. The molecule has 0 fully saturated rings. The van der Waals surface area contributed by atoms with Crippen LogP contribution < -0.4 is 4.90 Å². The third-order valence-electron chi connectivity index (χ3n) is 9.67. The van der Waals surface area contributed by atoms with Crippen molar-refractivity contribution in [2.75, 3.05) is 4.90 Å². The molecule has 0 atom stereocenters. The van der Waals surface area contributed by atoms with Crippen molar-refractivity contribution >= 4 is 81.3 Å². The maximum Gasteiger partial charge on any atom is 0.136 e. The van der Waals surface area contributed by atoms with Crippen molar-refractivity contribution in [2.24, 2.45) is 0 Å². The smallest absolute Gasteiger partial charge is 0.136 e. The van der Waals surface area contributed by atoms with Crippen LogP contribution in [-0.2, 0) is 0 Å². The molecule has 0 saturated carbocycles. The summed E-state index contributed by atoms with van der Waals surface area (Å²) >= 11 is 1.85. The molecule has 0 aliphatic carbocycles. The van der Waals surface area contributed by atoms with Gasteiger partial charge in [-0.15, -0.1) is 11.3 Å². The van der Waals surface area contributed by atoms with Crippen molar-refractivity contribution < 1.29 is 4.42 Å². The highest BCUT2D eigenvalue weighted by atomic mass is 32.1. The van der Waals surface area contributed by atoms with Gasteiger partial charge in [0.05, 0.1) is 11.4 Å². The largest absolute Gasteiger partial charge is 0.456 e. The summed E-state index contributed by atoms with van der Waals surface area (Å²) in [5.74, 6) is 0. The zero-order valence-corrected chi connectivity index (χ0v) is 27.3. The van der Waals surface area contributed by atoms with Gasteiger partial charge in [0, 0.05) is 42.0 Å². The highest BCUT2D eigenvalue weighted by Gasteiger charge is 2.22. The van der Waals surface area contributed by atoms with Crippen molar-refractivity contribution in [3.63, 3.8) is 0 Å². The van der Waals surface area contributed by atoms with E-state index in [2.05, 4.69) is 181 Å². The Balaban J connectivity index is 1.22. The van der Waals surface area contributed by atoms with Gasteiger partial charge in [-0.2, -0.15) is 0 Å². The fraction of sp³-hybridized carbons (Fsp3) is 0. The summed E-state index contributed by atoms with van der Waals surface area (Å²) < 4.78 is 9.11. The van der Waals surface area contributed by atoms with Crippen molar-refractivity contribution in [2.45, 2.75) is 0 Å². The van der Waals surface area contributed by atoms with Crippen molar-refractivity contribution in [1.29, 1.82) is 0 Å². The van der Waals surface area contributed by atoms with Gasteiger partial charge in [-0.3, -0.25) is 0 Å². The molecule has 2 heterocycles. The van der Waals surface area contributed by atoms with E-state index in [1.54, 1.807) is 0 Å². The lowest BCUT2D eigenvalue weighted by atomic mass is 9.99. The standard InChI is InChI=1S/C46H29NOS/c1-3-11-30(12-4-1)32-21-24-34(25-22-32)47(40-18-10-20-44-46(40)38-15-7-8-19-43(38)49-44)39-17-9-16-36-35(39)27-28-41-45(36)37-26-23-33(29-42(37)48-41)31-13-5-2-6-14-31/h1-29H. The molecule has 2 nitrogen and oxygen atoms in total. The molecule has 0 N–H and O–H groups in total. The van der Waals surface area contributed by atoms with Gasteiger partial charge in [-0.1, -0.05) is 115 Å². The quantitative estimate of drug-likeness (QED) is 0.186. The van der Waals surface area contributed by atoms with Crippen LogP contribution in [0.1, 0.15) is 0 Å². The van der Waals surface area contributed by atoms with Crippen LogP contribution in [0.4, 0.5) is 17.1 Å². The molecule has 0 amide bonds. The van der Waals surface area contributed by atoms with E-state index in [0.29, 0.717) is 0 Å². The Labute approximate surface area is 287 Å². The normalized spacial score (nSPS) is 11.7. The minimum atomic E-state index is 0.898. The van der Waals surface area contributed by atoms with Crippen LogP contribution in [-0.4, -0.2) is 0 Å². The van der Waals surface area contributed by atoms with Gasteiger partial charge in [0.25, 0.3) is 0 Å². The van der Waals surface area contributed by atoms with E-state index in [1.165, 1.54) is 53.3 Å². The Morgan fingerprint density at radius 2 is 0.980 bits per heavy atom. The molecule has 0 bridgehead atoms. The van der Waals surface area contributed by atoms with Crippen LogP contribution in [0.15, 0.2) is 180 Å². The van der Waals surface area contributed by atoms with Gasteiger partial charge in [-0.05, 0) is 88.3 Å². The van der Waals surface area contributed by atoms with Crippen molar-refractivity contribution in [3.05, 3.63) is 176 Å². The Hall–Kier alpha value is -6.16. The van der Waals surface area contributed by atoms with Gasteiger partial charge >= 0.3 is 0 Å². The van der Waals surface area contributed by atoms with Crippen LogP contribution >= 0.6 is 11.3 Å². The maximum atomic E-state index is 6.53. The minimum Gasteiger partial charge on any atom is -0.456 e. The molecule has 0 aliphatic heterocycles. The first-order valence-corrected chi connectivity index (χ1v) is 17.4. The number of hydrogen-bond acceptors (Lipinski definition) is 3. The summed E-state index contributed by atoms with van der Waals surface area (Å²) in [5.41, 5.74) is 9.94. The van der Waals surface area contributed by atoms with Gasteiger partial charge in [0.1, 0.15) is 11.2 Å². The third kappa shape index (κ3) is 4.55. The number of nitrogens with zero attached hydrogens (tertiary/aromatic N) is 1. The number of thiophene rings is 1. The number of furan rings is 1. The fourth-order valence-electron chi connectivity index (χ4n) is 7.40. The van der Waals surface area contributed by atoms with Crippen LogP contribution in [0.5, 0.6) is 0 Å². The lowest BCUT2D eigenvalue weighted by Gasteiger charge is -2.28. The molecule has 0 spiro atoms. The Morgan fingerprint density at radius 1 is 0.367 bits per heavy atom. The first-order valence-electron chi connectivity index (χ1n) is 16.6. The highest BCUT2D eigenvalue weighted by Crippen LogP contribution is 2.48. The summed E-state index contributed by atoms with van der Waals surface area (Å²) in [4.78, 5) is 2.44. The summed E-state index contributed by atoms with van der Waals surface area (Å²) in [5, 5.41) is 7.18. The van der Waals surface area contributed by atoms with E-state index in [-0.39, 0.29) is 0 Å². The Bertz CT molecular complexity index is 2810. The summed E-state index contributed by atoms with van der Waals surface area (Å²) in [6, 6.07) is 63.1. The topological polar surface area (TPSA) is 16.4 Å². The number of rotatable bonds is 5. The molecule has 0 aliphatic rings. The van der Waals surface area contributed by atoms with E-state index in [1.807, 2.05) is 11.3 Å². The zero-order valence-electron chi connectivity index (χ0n) is 26.5. The van der Waals surface area contributed by atoms with Gasteiger partial charge < -0.3 is 9.32 Å². The van der Waals surface area contributed by atoms with Crippen LogP contribution in [0.3, 0.4) is 0 Å². The highest BCUT2D eigenvalue weighted by molar-refractivity contribution is 7.26. The lowest BCUT2D eigenvalue weighted by Crippen LogP contribution is -2.10. The Morgan fingerprint density at radius 3 is 1.80 bits per heavy atom. The van der Waals surface area contributed by atoms with Gasteiger partial charge in [0.2, 0.25) is 0 Å². The fourth-order valence-corrected chi connectivity index (χ4v) is 8.53. The predicted octanol–water partition coefficient (Wildman–Crippen LogP) is 13.9. The summed E-state index contributed by atoms with van der Waals surface area (Å²) in [6.07, 6.45) is 0. The lowest BCUT2D eigenvalue weighted by molar-refractivity contribution is 0.669. The van der Waals surface area contributed by atoms with Crippen molar-refractivity contribution in [3.8, 4) is 22.3 Å². The monoisotopic (exact) mass is 643 g/mol. The number of fused-ring (bicyclic) bond motifs is 8. The SMILES string of the molecule is c1ccc(-c2ccc(N(c3cccc4c3ccc3oc5cc(-c6ccccc6)ccc5c34)c3cccc4sc5ccccc5c34)cc2)cc1. The maximum absolute atomic E-state index is 6.53. The van der Waals surface area contributed by atoms with E-state index in [9.17, 15) is 0 Å². The van der Waals surface area contributed by atoms with E-state index in [4.69, 9.17) is 4.42 Å². The average molecular weight is 644 g/mol. The molecule has 230 valence electrons. The molecule has 8 aromatic carbocycles. The first kappa shape index (κ1) is 27.9. The summed E-state index contributed by atoms with van der Waals surface area (Å²) in [6.45, 7) is 0. The molecule has 10 rings (SSSR count). The van der Waals surface area contributed by atoms with Crippen LogP contribution in [0, 0.1) is 0 Å². The second kappa shape index (κ2) is 11.2. The van der Waals surface area contributed by atoms with Crippen LogP contribution in [0.25, 0.3) is 75.1 Å². The second-order valence-electron chi connectivity index (χ2n) is 12.5. The minimum absolute atomic E-state index is 0.898. The molecule has 0 unspecified atom stereocenters. The van der Waals surface area contributed by atoms with Gasteiger partial charge in [0.15, 0.2) is 0 Å². The third-order valence-corrected chi connectivity index (χ3v) is 10.8. The zero-order chi connectivity index (χ0) is 32.3. The molecule has 3 heteroatoms. The molecular weight excluding hydrogens is 615 g/mol. The summed E-state index contributed by atoms with van der Waals surface area (Å²) in [7, 11) is 0.